The summed E-state index contributed by atoms with van der Waals surface area (Å²) in [4.78, 5) is 20.3. The molecule has 0 saturated heterocycles. The molecule has 4 aromatic rings. The smallest absolute Gasteiger partial charge is 0.298 e. The number of hydrogen-bond acceptors (Lipinski definition) is 5. The quantitative estimate of drug-likeness (QED) is 0.415. The van der Waals surface area contributed by atoms with Gasteiger partial charge in [-0.25, -0.2) is 4.98 Å². The third kappa shape index (κ3) is 3.25. The van der Waals surface area contributed by atoms with Crippen LogP contribution in [0.1, 0.15) is 5.56 Å². The molecular formula is C21H18N4O3. The van der Waals surface area contributed by atoms with Gasteiger partial charge in [0.15, 0.2) is 0 Å². The molecule has 0 fully saturated rings. The van der Waals surface area contributed by atoms with E-state index in [9.17, 15) is 4.79 Å². The van der Waals surface area contributed by atoms with Gasteiger partial charge >= 0.3 is 0 Å². The second-order valence-corrected chi connectivity index (χ2v) is 6.07. The van der Waals surface area contributed by atoms with Crippen molar-refractivity contribution in [3.05, 3.63) is 77.4 Å². The van der Waals surface area contributed by atoms with Crippen LogP contribution in [-0.4, -0.2) is 34.6 Å². The lowest BCUT2D eigenvalue weighted by atomic mass is 10.2. The van der Waals surface area contributed by atoms with Gasteiger partial charge in [0, 0.05) is 11.5 Å². The summed E-state index contributed by atoms with van der Waals surface area (Å²) in [6.45, 7) is 4.06. The number of H-pyrrole nitrogens is 1. The Labute approximate surface area is 160 Å². The molecule has 28 heavy (non-hydrogen) atoms. The van der Waals surface area contributed by atoms with Gasteiger partial charge in [0.2, 0.25) is 0 Å². The van der Waals surface area contributed by atoms with E-state index in [1.165, 1.54) is 11.0 Å². The molecule has 7 nitrogen and oxygen atoms in total. The molecule has 2 aromatic carbocycles. The summed E-state index contributed by atoms with van der Waals surface area (Å²) in [7, 11) is 1.60. The number of aromatic nitrogens is 3. The van der Waals surface area contributed by atoms with Crippen LogP contribution < -0.4 is 15.0 Å². The van der Waals surface area contributed by atoms with Crippen molar-refractivity contribution >= 4 is 28.2 Å². The van der Waals surface area contributed by atoms with E-state index in [0.717, 1.165) is 22.2 Å². The van der Waals surface area contributed by atoms with Gasteiger partial charge in [0.1, 0.15) is 35.5 Å². The van der Waals surface area contributed by atoms with Crippen LogP contribution >= 0.6 is 0 Å². The van der Waals surface area contributed by atoms with Gasteiger partial charge in [0.25, 0.3) is 5.56 Å². The van der Waals surface area contributed by atoms with Crippen LogP contribution in [0.4, 0.5) is 0 Å². The molecule has 0 unspecified atom stereocenters. The average Bonchev–Trinajstić information content (AvgIpc) is 3.11. The molecule has 0 spiro atoms. The van der Waals surface area contributed by atoms with Crippen LogP contribution in [0.2, 0.25) is 0 Å². The largest absolute Gasteiger partial charge is 0.497 e. The fraction of sp³-hybridized carbons (Fsp3) is 0.0952. The Hall–Kier alpha value is -3.87. The Morgan fingerprint density at radius 3 is 2.75 bits per heavy atom. The van der Waals surface area contributed by atoms with Gasteiger partial charge in [-0.05, 0) is 42.0 Å². The van der Waals surface area contributed by atoms with E-state index >= 15 is 0 Å². The molecule has 7 heteroatoms. The molecule has 0 aliphatic carbocycles. The van der Waals surface area contributed by atoms with Crippen LogP contribution in [0.5, 0.6) is 11.5 Å². The third-order valence-electron chi connectivity index (χ3n) is 4.28. The normalized spacial score (nSPS) is 11.3. The Bertz CT molecular complexity index is 1240. The SMILES string of the molecule is C=CCOc1ccc(C=Nn2cnc3c([nH]c4cc(OC)ccc43)c2=O)cc1. The van der Waals surface area contributed by atoms with Crippen LogP contribution in [0.25, 0.3) is 21.9 Å². The van der Waals surface area contributed by atoms with Crippen LogP contribution in [-0.2, 0) is 0 Å². The van der Waals surface area contributed by atoms with Gasteiger partial charge in [-0.2, -0.15) is 9.78 Å². The third-order valence-corrected chi connectivity index (χ3v) is 4.28. The van der Waals surface area contributed by atoms with E-state index in [-0.39, 0.29) is 5.56 Å². The van der Waals surface area contributed by atoms with Crippen molar-refractivity contribution in [1.82, 2.24) is 14.6 Å². The van der Waals surface area contributed by atoms with Gasteiger partial charge in [0.05, 0.1) is 18.8 Å². The Morgan fingerprint density at radius 2 is 2.00 bits per heavy atom. The molecule has 0 saturated carbocycles. The summed E-state index contributed by atoms with van der Waals surface area (Å²) in [5.41, 5.74) is 2.35. The Kier molecular flexibility index (Phi) is 4.63. The predicted octanol–water partition coefficient (Wildman–Crippen LogP) is 3.33. The lowest BCUT2D eigenvalue weighted by Crippen LogP contribution is -2.17. The predicted molar refractivity (Wildman–Crippen MR) is 110 cm³/mol. The molecule has 0 radical (unpaired) electrons. The average molecular weight is 374 g/mol. The van der Waals surface area contributed by atoms with Gasteiger partial charge in [-0.3, -0.25) is 4.79 Å². The molecule has 0 amide bonds. The second kappa shape index (κ2) is 7.40. The molecule has 0 atom stereocenters. The number of ether oxygens (including phenoxy) is 2. The van der Waals surface area contributed by atoms with Crippen LogP contribution in [0.3, 0.4) is 0 Å². The van der Waals surface area contributed by atoms with E-state index in [4.69, 9.17) is 9.47 Å². The summed E-state index contributed by atoms with van der Waals surface area (Å²) in [5.74, 6) is 1.45. The minimum Gasteiger partial charge on any atom is -0.497 e. The maximum absolute atomic E-state index is 12.8. The van der Waals surface area contributed by atoms with E-state index in [2.05, 4.69) is 21.6 Å². The number of aromatic amines is 1. The molecular weight excluding hydrogens is 356 g/mol. The van der Waals surface area contributed by atoms with Crippen molar-refractivity contribution in [3.63, 3.8) is 0 Å². The number of fused-ring (bicyclic) bond motifs is 3. The van der Waals surface area contributed by atoms with Crippen molar-refractivity contribution in [3.8, 4) is 11.5 Å². The molecule has 1 N–H and O–H groups in total. The first-order valence-electron chi connectivity index (χ1n) is 8.65. The van der Waals surface area contributed by atoms with Crippen molar-refractivity contribution < 1.29 is 9.47 Å². The summed E-state index contributed by atoms with van der Waals surface area (Å²) in [5, 5.41) is 5.10. The van der Waals surface area contributed by atoms with E-state index < -0.39 is 0 Å². The minimum absolute atomic E-state index is 0.276. The minimum atomic E-state index is -0.276. The second-order valence-electron chi connectivity index (χ2n) is 6.07. The lowest BCUT2D eigenvalue weighted by molar-refractivity contribution is 0.363. The van der Waals surface area contributed by atoms with Gasteiger partial charge in [-0.1, -0.05) is 12.7 Å². The van der Waals surface area contributed by atoms with Crippen molar-refractivity contribution in [2.75, 3.05) is 13.7 Å². The summed E-state index contributed by atoms with van der Waals surface area (Å²) in [6, 6.07) is 12.9. The molecule has 4 rings (SSSR count). The van der Waals surface area contributed by atoms with Crippen molar-refractivity contribution in [2.45, 2.75) is 0 Å². The number of methoxy groups -OCH3 is 1. The number of rotatable bonds is 6. The first kappa shape index (κ1) is 17.5. The highest BCUT2D eigenvalue weighted by Gasteiger charge is 2.11. The van der Waals surface area contributed by atoms with E-state index in [0.29, 0.717) is 23.4 Å². The van der Waals surface area contributed by atoms with E-state index in [1.807, 2.05) is 42.5 Å². The molecule has 2 aromatic heterocycles. The number of hydrogen-bond donors (Lipinski definition) is 1. The Morgan fingerprint density at radius 1 is 1.21 bits per heavy atom. The highest BCUT2D eigenvalue weighted by atomic mass is 16.5. The maximum atomic E-state index is 12.8. The monoisotopic (exact) mass is 374 g/mol. The zero-order valence-corrected chi connectivity index (χ0v) is 15.3. The molecule has 0 bridgehead atoms. The summed E-state index contributed by atoms with van der Waals surface area (Å²) >= 11 is 0. The maximum Gasteiger partial charge on any atom is 0.298 e. The van der Waals surface area contributed by atoms with Gasteiger partial charge < -0.3 is 14.5 Å². The number of nitrogens with zero attached hydrogens (tertiary/aromatic N) is 3. The van der Waals surface area contributed by atoms with Crippen molar-refractivity contribution in [2.24, 2.45) is 5.10 Å². The van der Waals surface area contributed by atoms with Crippen molar-refractivity contribution in [1.29, 1.82) is 0 Å². The highest BCUT2D eigenvalue weighted by molar-refractivity contribution is 6.04. The topological polar surface area (TPSA) is 81.5 Å². The van der Waals surface area contributed by atoms with Gasteiger partial charge in [-0.15, -0.1) is 0 Å². The van der Waals surface area contributed by atoms with Crippen LogP contribution in [0, 0.1) is 0 Å². The zero-order chi connectivity index (χ0) is 19.5. The molecule has 2 heterocycles. The molecule has 0 aliphatic heterocycles. The fourth-order valence-electron chi connectivity index (χ4n) is 2.87. The fourth-order valence-corrected chi connectivity index (χ4v) is 2.87. The zero-order valence-electron chi connectivity index (χ0n) is 15.3. The Balaban J connectivity index is 1.66. The van der Waals surface area contributed by atoms with Crippen LogP contribution in [0.15, 0.2) is 71.3 Å². The molecule has 140 valence electrons. The first-order valence-corrected chi connectivity index (χ1v) is 8.65. The highest BCUT2D eigenvalue weighted by Crippen LogP contribution is 2.25. The number of benzene rings is 2. The molecule has 0 aliphatic rings. The lowest BCUT2D eigenvalue weighted by Gasteiger charge is -2.02. The number of nitrogens with one attached hydrogen (secondary N) is 1. The van der Waals surface area contributed by atoms with E-state index in [1.54, 1.807) is 19.4 Å². The summed E-state index contributed by atoms with van der Waals surface area (Å²) in [6.07, 6.45) is 4.70. The standard InChI is InChI=1S/C21H18N4O3/c1-3-10-28-15-6-4-14(5-7-15)12-23-25-13-22-19-17-9-8-16(27-2)11-18(17)24-20(19)21(25)26/h3-9,11-13,24H,1,10H2,2H3. The summed E-state index contributed by atoms with van der Waals surface area (Å²) < 4.78 is 11.9. The first-order chi connectivity index (χ1) is 13.7.